The van der Waals surface area contributed by atoms with Gasteiger partial charge in [0.05, 0.1) is 0 Å². The number of hydrogen-bond donors (Lipinski definition) is 0. The number of halogens is 2. The Morgan fingerprint density at radius 1 is 0.875 bits per heavy atom. The molecule has 4 nitrogen and oxygen atoms in total. The van der Waals surface area contributed by atoms with Gasteiger partial charge in [0.1, 0.15) is 0 Å². The fraction of sp³-hybridized carbons (Fsp3) is 0.500. The number of aromatic nitrogens is 4. The van der Waals surface area contributed by atoms with Gasteiger partial charge in [0.25, 0.3) is 13.7 Å². The van der Waals surface area contributed by atoms with E-state index < -0.39 is 18.5 Å². The molecule has 0 spiro atoms. The number of rotatable bonds is 3. The fourth-order valence-corrected chi connectivity index (χ4v) is 8.43. The van der Waals surface area contributed by atoms with Crippen molar-refractivity contribution in [1.82, 2.24) is 20.4 Å². The van der Waals surface area contributed by atoms with Crippen molar-refractivity contribution in [1.29, 1.82) is 0 Å². The summed E-state index contributed by atoms with van der Waals surface area (Å²) >= 11 is 6.90. The Hall–Kier alpha value is -1.05. The molecule has 0 aliphatic heterocycles. The van der Waals surface area contributed by atoms with Gasteiger partial charge in [-0.15, -0.1) is 20.4 Å². The average Bonchev–Trinajstić information content (AvgIpc) is 2.47. The maximum Gasteiger partial charge on any atom is 0.288 e. The SMILES string of the molecule is CC(C)(C)[Si](F)(c1ccc(Sc2nnc(Cl)nn2)cc1)C(C)(C)C. The molecule has 24 heavy (non-hydrogen) atoms. The van der Waals surface area contributed by atoms with E-state index in [-0.39, 0.29) is 5.28 Å². The van der Waals surface area contributed by atoms with Gasteiger partial charge in [-0.05, 0) is 50.8 Å². The predicted molar refractivity (Wildman–Crippen MR) is 99.1 cm³/mol. The van der Waals surface area contributed by atoms with Crippen LogP contribution >= 0.6 is 23.4 Å². The lowest BCUT2D eigenvalue weighted by Crippen LogP contribution is -2.57. The van der Waals surface area contributed by atoms with Gasteiger partial charge >= 0.3 is 0 Å². The van der Waals surface area contributed by atoms with Crippen molar-refractivity contribution in [3.63, 3.8) is 0 Å². The van der Waals surface area contributed by atoms with Gasteiger partial charge in [0.15, 0.2) is 0 Å². The Bertz CT molecular complexity index is 682. The zero-order valence-corrected chi connectivity index (χ0v) is 17.3. The highest BCUT2D eigenvalue weighted by molar-refractivity contribution is 7.99. The molecular formula is C16H22ClFN4SSi. The van der Waals surface area contributed by atoms with Crippen LogP contribution in [0, 0.1) is 0 Å². The van der Waals surface area contributed by atoms with Gasteiger partial charge in [0, 0.05) is 4.90 Å². The highest BCUT2D eigenvalue weighted by Crippen LogP contribution is 2.51. The summed E-state index contributed by atoms with van der Waals surface area (Å²) in [6, 6.07) is 7.58. The van der Waals surface area contributed by atoms with Gasteiger partial charge in [-0.25, -0.2) is 0 Å². The molecular weight excluding hydrogens is 363 g/mol. The van der Waals surface area contributed by atoms with Crippen LogP contribution in [0.5, 0.6) is 0 Å². The van der Waals surface area contributed by atoms with Gasteiger partial charge in [-0.3, -0.25) is 0 Å². The standard InChI is InChI=1S/C16H22ClFN4SSi/c1-15(2,3)24(18,16(4,5)6)12-9-7-11(8-10-12)23-14-21-19-13(17)20-22-14/h7-10H,1-6H3. The van der Waals surface area contributed by atoms with Crippen LogP contribution < -0.4 is 5.19 Å². The van der Waals surface area contributed by atoms with E-state index in [0.29, 0.717) is 5.16 Å². The van der Waals surface area contributed by atoms with Crippen molar-refractivity contribution < 1.29 is 4.11 Å². The summed E-state index contributed by atoms with van der Waals surface area (Å²) in [6.45, 7) is 12.0. The van der Waals surface area contributed by atoms with Crippen molar-refractivity contribution in [2.75, 3.05) is 0 Å². The molecule has 0 unspecified atom stereocenters. The smallest absolute Gasteiger partial charge is 0.288 e. The zero-order chi connectivity index (χ0) is 18.2. The van der Waals surface area contributed by atoms with Crippen LogP contribution in [-0.2, 0) is 0 Å². The van der Waals surface area contributed by atoms with Crippen molar-refractivity contribution in [2.45, 2.75) is 61.7 Å². The molecule has 0 N–H and O–H groups in total. The molecule has 0 saturated carbocycles. The highest BCUT2D eigenvalue weighted by Gasteiger charge is 2.56. The van der Waals surface area contributed by atoms with Crippen LogP contribution in [-0.4, -0.2) is 28.8 Å². The van der Waals surface area contributed by atoms with E-state index in [9.17, 15) is 0 Å². The molecule has 2 aromatic rings. The molecule has 130 valence electrons. The Balaban J connectivity index is 2.32. The summed E-state index contributed by atoms with van der Waals surface area (Å²) in [7, 11) is -3.23. The van der Waals surface area contributed by atoms with Gasteiger partial charge in [-0.1, -0.05) is 53.7 Å². The molecule has 0 amide bonds. The molecule has 0 aliphatic carbocycles. The van der Waals surface area contributed by atoms with Gasteiger partial charge < -0.3 is 4.11 Å². The van der Waals surface area contributed by atoms with E-state index in [1.54, 1.807) is 0 Å². The Kier molecular flexibility index (Phi) is 5.37. The summed E-state index contributed by atoms with van der Waals surface area (Å²) < 4.78 is 16.2. The second kappa shape index (κ2) is 6.69. The summed E-state index contributed by atoms with van der Waals surface area (Å²) in [5.74, 6) is 0. The molecule has 2 rings (SSSR count). The third-order valence-electron chi connectivity index (χ3n) is 3.96. The van der Waals surface area contributed by atoms with E-state index in [2.05, 4.69) is 20.4 Å². The van der Waals surface area contributed by atoms with Crippen molar-refractivity contribution in [3.05, 3.63) is 29.5 Å². The van der Waals surface area contributed by atoms with E-state index in [4.69, 9.17) is 11.6 Å². The molecule has 0 atom stereocenters. The first-order chi connectivity index (χ1) is 10.9. The van der Waals surface area contributed by atoms with Crippen LogP contribution in [0.4, 0.5) is 4.11 Å². The van der Waals surface area contributed by atoms with Crippen LogP contribution in [0.1, 0.15) is 41.5 Å². The molecule has 1 aromatic carbocycles. The second-order valence-electron chi connectivity index (χ2n) is 7.74. The summed E-state index contributed by atoms with van der Waals surface area (Å²) in [5, 5.41) is 15.5. The minimum atomic E-state index is -3.23. The largest absolute Gasteiger partial charge is 0.307 e. The first-order valence-corrected chi connectivity index (χ1v) is 10.7. The van der Waals surface area contributed by atoms with Crippen LogP contribution in [0.3, 0.4) is 0 Å². The van der Waals surface area contributed by atoms with Gasteiger partial charge in [-0.2, -0.15) is 0 Å². The maximum atomic E-state index is 16.2. The molecule has 0 fully saturated rings. The molecule has 0 saturated heterocycles. The molecule has 0 aliphatic rings. The normalized spacial score (nSPS) is 13.2. The van der Waals surface area contributed by atoms with Crippen molar-refractivity contribution in [2.24, 2.45) is 0 Å². The van der Waals surface area contributed by atoms with Crippen molar-refractivity contribution in [3.8, 4) is 0 Å². The number of hydrogen-bond acceptors (Lipinski definition) is 5. The van der Waals surface area contributed by atoms with Crippen molar-refractivity contribution >= 4 is 37.0 Å². The third kappa shape index (κ3) is 3.78. The molecule has 1 aromatic heterocycles. The Morgan fingerprint density at radius 2 is 1.33 bits per heavy atom. The molecule has 8 heteroatoms. The predicted octanol–water partition coefficient (Wildman–Crippen LogP) is 4.79. The fourth-order valence-electron chi connectivity index (χ4n) is 3.10. The van der Waals surface area contributed by atoms with E-state index in [0.717, 1.165) is 10.1 Å². The van der Waals surface area contributed by atoms with Crippen LogP contribution in [0.2, 0.25) is 15.4 Å². The summed E-state index contributed by atoms with van der Waals surface area (Å²) in [4.78, 5) is 0.906. The first kappa shape index (κ1) is 19.3. The Labute approximate surface area is 152 Å². The first-order valence-electron chi connectivity index (χ1n) is 7.65. The minimum Gasteiger partial charge on any atom is -0.307 e. The third-order valence-corrected chi connectivity index (χ3v) is 10.2. The number of nitrogens with zero attached hydrogens (tertiary/aromatic N) is 4. The monoisotopic (exact) mass is 384 g/mol. The highest BCUT2D eigenvalue weighted by atomic mass is 35.5. The van der Waals surface area contributed by atoms with E-state index in [1.807, 2.05) is 65.8 Å². The minimum absolute atomic E-state index is 0.0123. The van der Waals surface area contributed by atoms with Gasteiger partial charge in [0.2, 0.25) is 5.16 Å². The lowest BCUT2D eigenvalue weighted by atomic mass is 10.2. The lowest BCUT2D eigenvalue weighted by Gasteiger charge is -2.44. The van der Waals surface area contributed by atoms with E-state index in [1.165, 1.54) is 11.8 Å². The topological polar surface area (TPSA) is 51.6 Å². The molecule has 1 heterocycles. The molecule has 0 bridgehead atoms. The maximum absolute atomic E-state index is 16.2. The summed E-state index contributed by atoms with van der Waals surface area (Å²) in [6.07, 6.45) is 0. The summed E-state index contributed by atoms with van der Waals surface area (Å²) in [5.41, 5.74) is 0. The number of benzene rings is 1. The van der Waals surface area contributed by atoms with E-state index >= 15 is 4.11 Å². The van der Waals surface area contributed by atoms with Crippen LogP contribution in [0.25, 0.3) is 0 Å². The second-order valence-corrected chi connectivity index (χ2v) is 14.0. The van der Waals surface area contributed by atoms with Crippen LogP contribution in [0.15, 0.2) is 34.3 Å². The zero-order valence-electron chi connectivity index (χ0n) is 14.8. The Morgan fingerprint density at radius 3 is 1.75 bits per heavy atom. The quantitative estimate of drug-likeness (QED) is 0.562. The average molecular weight is 385 g/mol. The molecule has 0 radical (unpaired) electrons. The lowest BCUT2D eigenvalue weighted by molar-refractivity contribution is 0.535.